The predicted octanol–water partition coefficient (Wildman–Crippen LogP) is 3.48. The number of benzene rings is 3. The first kappa shape index (κ1) is 20.1. The first-order chi connectivity index (χ1) is 13.1. The van der Waals surface area contributed by atoms with E-state index in [-0.39, 0.29) is 9.79 Å². The first-order valence-electron chi connectivity index (χ1n) is 8.42. The Labute approximate surface area is 165 Å². The SMILES string of the molecule is Cc1ccccc1N(c1ccccc1C)S(=O)(=O)c1cccc(S(N)(=O)=O)c1. The third-order valence-corrected chi connectivity index (χ3v) is 6.98. The second kappa shape index (κ2) is 7.38. The third-order valence-electron chi connectivity index (χ3n) is 4.34. The Kier molecular flexibility index (Phi) is 5.29. The molecule has 3 aromatic carbocycles. The number of nitrogens with zero attached hydrogens (tertiary/aromatic N) is 1. The molecule has 3 rings (SSSR count). The molecule has 0 heterocycles. The zero-order valence-corrected chi connectivity index (χ0v) is 17.0. The van der Waals surface area contributed by atoms with Crippen LogP contribution in [-0.4, -0.2) is 16.8 Å². The number of aryl methyl sites for hydroxylation is 2. The Balaban J connectivity index is 2.30. The number of hydrogen-bond donors (Lipinski definition) is 1. The lowest BCUT2D eigenvalue weighted by atomic mass is 10.1. The van der Waals surface area contributed by atoms with Crippen molar-refractivity contribution in [2.45, 2.75) is 23.6 Å². The topological polar surface area (TPSA) is 97.5 Å². The highest BCUT2D eigenvalue weighted by Crippen LogP contribution is 2.36. The highest BCUT2D eigenvalue weighted by Gasteiger charge is 2.29. The highest BCUT2D eigenvalue weighted by atomic mass is 32.2. The van der Waals surface area contributed by atoms with Crippen molar-refractivity contribution >= 4 is 31.4 Å². The molecule has 8 heteroatoms. The summed E-state index contributed by atoms with van der Waals surface area (Å²) >= 11 is 0. The fraction of sp³-hybridized carbons (Fsp3) is 0.100. The van der Waals surface area contributed by atoms with Crippen LogP contribution in [0.2, 0.25) is 0 Å². The van der Waals surface area contributed by atoms with Crippen LogP contribution >= 0.6 is 0 Å². The van der Waals surface area contributed by atoms with E-state index in [9.17, 15) is 16.8 Å². The van der Waals surface area contributed by atoms with E-state index in [1.807, 2.05) is 38.1 Å². The van der Waals surface area contributed by atoms with E-state index in [1.54, 1.807) is 24.3 Å². The van der Waals surface area contributed by atoms with E-state index in [0.717, 1.165) is 17.2 Å². The molecule has 146 valence electrons. The van der Waals surface area contributed by atoms with Gasteiger partial charge in [0.05, 0.1) is 21.2 Å². The van der Waals surface area contributed by atoms with Gasteiger partial charge in [0.2, 0.25) is 10.0 Å². The number of hydrogen-bond acceptors (Lipinski definition) is 4. The van der Waals surface area contributed by atoms with Gasteiger partial charge in [0.1, 0.15) is 0 Å². The molecule has 0 aliphatic carbocycles. The lowest BCUT2D eigenvalue weighted by molar-refractivity contribution is 0.595. The molecule has 0 fully saturated rings. The molecule has 0 saturated carbocycles. The van der Waals surface area contributed by atoms with E-state index in [4.69, 9.17) is 5.14 Å². The number of sulfonamides is 2. The van der Waals surface area contributed by atoms with Crippen molar-refractivity contribution in [2.75, 3.05) is 4.31 Å². The molecule has 0 aliphatic rings. The Morgan fingerprint density at radius 3 is 1.61 bits per heavy atom. The van der Waals surface area contributed by atoms with Gasteiger partial charge < -0.3 is 0 Å². The summed E-state index contributed by atoms with van der Waals surface area (Å²) < 4.78 is 51.8. The molecule has 0 saturated heterocycles. The monoisotopic (exact) mass is 416 g/mol. The standard InChI is InChI=1S/C20H20N2O4S2/c1-15-8-3-5-12-19(15)22(20-13-6-4-9-16(20)2)28(25,26)18-11-7-10-17(14-18)27(21,23)24/h3-14H,1-2H3,(H2,21,23,24). The molecule has 0 radical (unpaired) electrons. The third kappa shape index (κ3) is 3.80. The van der Waals surface area contributed by atoms with Gasteiger partial charge in [-0.05, 0) is 55.3 Å². The second-order valence-electron chi connectivity index (χ2n) is 6.36. The second-order valence-corrected chi connectivity index (χ2v) is 9.71. The fourth-order valence-electron chi connectivity index (χ4n) is 2.89. The van der Waals surface area contributed by atoms with Gasteiger partial charge in [0.15, 0.2) is 0 Å². The van der Waals surface area contributed by atoms with E-state index < -0.39 is 20.0 Å². The van der Waals surface area contributed by atoms with Gasteiger partial charge >= 0.3 is 0 Å². The average molecular weight is 417 g/mol. The van der Waals surface area contributed by atoms with Gasteiger partial charge in [-0.25, -0.2) is 26.3 Å². The smallest absolute Gasteiger partial charge is 0.234 e. The Bertz CT molecular complexity index is 1190. The fourth-order valence-corrected chi connectivity index (χ4v) is 5.19. The molecule has 28 heavy (non-hydrogen) atoms. The molecule has 0 spiro atoms. The van der Waals surface area contributed by atoms with Gasteiger partial charge in [0, 0.05) is 0 Å². The summed E-state index contributed by atoms with van der Waals surface area (Å²) in [5.41, 5.74) is 2.49. The maximum absolute atomic E-state index is 13.6. The van der Waals surface area contributed by atoms with E-state index in [0.29, 0.717) is 11.4 Å². The van der Waals surface area contributed by atoms with E-state index >= 15 is 0 Å². The Morgan fingerprint density at radius 2 is 1.14 bits per heavy atom. The summed E-state index contributed by atoms with van der Waals surface area (Å²) in [6.45, 7) is 3.63. The van der Waals surface area contributed by atoms with Gasteiger partial charge in [0.25, 0.3) is 10.0 Å². The number of para-hydroxylation sites is 2. The van der Waals surface area contributed by atoms with Crippen LogP contribution in [0.15, 0.2) is 82.6 Å². The predicted molar refractivity (Wildman–Crippen MR) is 109 cm³/mol. The van der Waals surface area contributed by atoms with Crippen LogP contribution in [0.25, 0.3) is 0 Å². The molecule has 2 N–H and O–H groups in total. The molecular weight excluding hydrogens is 396 g/mol. The van der Waals surface area contributed by atoms with Crippen LogP contribution in [0.3, 0.4) is 0 Å². The zero-order chi connectivity index (χ0) is 20.5. The first-order valence-corrected chi connectivity index (χ1v) is 11.4. The number of primary sulfonamides is 1. The van der Waals surface area contributed by atoms with Crippen molar-refractivity contribution in [3.05, 3.63) is 83.9 Å². The minimum atomic E-state index is -4.12. The summed E-state index contributed by atoms with van der Waals surface area (Å²) in [4.78, 5) is -0.423. The van der Waals surface area contributed by atoms with Crippen molar-refractivity contribution in [3.63, 3.8) is 0 Å². The van der Waals surface area contributed by atoms with Crippen LogP contribution < -0.4 is 9.44 Å². The number of rotatable bonds is 5. The minimum Gasteiger partial charge on any atom is -0.234 e. The lowest BCUT2D eigenvalue weighted by Gasteiger charge is -2.27. The summed E-state index contributed by atoms with van der Waals surface area (Å²) in [5.74, 6) is 0. The van der Waals surface area contributed by atoms with Crippen molar-refractivity contribution in [3.8, 4) is 0 Å². The van der Waals surface area contributed by atoms with Crippen LogP contribution in [0.4, 0.5) is 11.4 Å². The zero-order valence-electron chi connectivity index (χ0n) is 15.4. The van der Waals surface area contributed by atoms with E-state index in [2.05, 4.69) is 0 Å². The molecule has 0 bridgehead atoms. The number of nitrogens with two attached hydrogens (primary N) is 1. The summed E-state index contributed by atoms with van der Waals surface area (Å²) in [6.07, 6.45) is 0. The van der Waals surface area contributed by atoms with Gasteiger partial charge in [-0.1, -0.05) is 42.5 Å². The van der Waals surface area contributed by atoms with Crippen LogP contribution in [0, 0.1) is 13.8 Å². The molecule has 0 atom stereocenters. The molecule has 0 unspecified atom stereocenters. The van der Waals surface area contributed by atoms with Crippen molar-refractivity contribution in [1.82, 2.24) is 0 Å². The van der Waals surface area contributed by atoms with Crippen LogP contribution in [0.5, 0.6) is 0 Å². The van der Waals surface area contributed by atoms with Crippen LogP contribution in [0.1, 0.15) is 11.1 Å². The number of anilines is 2. The molecule has 0 amide bonds. The summed E-state index contributed by atoms with van der Waals surface area (Å²) in [7, 11) is -8.16. The van der Waals surface area contributed by atoms with E-state index in [1.165, 1.54) is 22.5 Å². The maximum atomic E-state index is 13.6. The average Bonchev–Trinajstić information content (AvgIpc) is 2.64. The quantitative estimate of drug-likeness (QED) is 0.688. The Hall–Kier alpha value is -2.68. The normalized spacial score (nSPS) is 12.0. The van der Waals surface area contributed by atoms with Gasteiger partial charge in [-0.3, -0.25) is 0 Å². The van der Waals surface area contributed by atoms with Gasteiger partial charge in [-0.15, -0.1) is 0 Å². The van der Waals surface area contributed by atoms with Crippen LogP contribution in [-0.2, 0) is 20.0 Å². The van der Waals surface area contributed by atoms with Crippen molar-refractivity contribution < 1.29 is 16.8 Å². The molecule has 0 aliphatic heterocycles. The Morgan fingerprint density at radius 1 is 0.679 bits per heavy atom. The molecular formula is C20H20N2O4S2. The lowest BCUT2D eigenvalue weighted by Crippen LogP contribution is -2.28. The largest absolute Gasteiger partial charge is 0.268 e. The van der Waals surface area contributed by atoms with Gasteiger partial charge in [-0.2, -0.15) is 0 Å². The van der Waals surface area contributed by atoms with Crippen molar-refractivity contribution in [1.29, 1.82) is 0 Å². The maximum Gasteiger partial charge on any atom is 0.268 e. The molecule has 0 aromatic heterocycles. The van der Waals surface area contributed by atoms with Crippen molar-refractivity contribution in [2.24, 2.45) is 5.14 Å². The molecule has 6 nitrogen and oxygen atoms in total. The summed E-state index contributed by atoms with van der Waals surface area (Å²) in [5, 5.41) is 5.18. The highest BCUT2D eigenvalue weighted by molar-refractivity contribution is 7.93. The minimum absolute atomic E-state index is 0.162. The molecule has 3 aromatic rings. The summed E-state index contributed by atoms with van der Waals surface area (Å²) in [6, 6.07) is 19.3.